The SMILES string of the molecule is COc1ccc2c(c1)-c1ccccc1C21c2ccccc2-c2ccc(Cl)cc21. The lowest BCUT2D eigenvalue weighted by Gasteiger charge is -2.30. The number of hydrogen-bond donors (Lipinski definition) is 0. The van der Waals surface area contributed by atoms with Crippen LogP contribution in [0.3, 0.4) is 0 Å². The first-order valence-electron chi connectivity index (χ1n) is 9.43. The van der Waals surface area contributed by atoms with Crippen molar-refractivity contribution >= 4 is 11.6 Å². The minimum absolute atomic E-state index is 0.338. The van der Waals surface area contributed by atoms with Gasteiger partial charge in [-0.15, -0.1) is 0 Å². The average Bonchev–Trinajstić information content (AvgIpc) is 3.20. The van der Waals surface area contributed by atoms with Crippen molar-refractivity contribution in [3.8, 4) is 28.0 Å². The third kappa shape index (κ3) is 1.78. The number of methoxy groups -OCH3 is 1. The molecule has 0 heterocycles. The third-order valence-electron chi connectivity index (χ3n) is 6.26. The van der Waals surface area contributed by atoms with Crippen LogP contribution in [-0.2, 0) is 5.41 Å². The standard InChI is InChI=1S/C26H17ClO/c1-28-17-11-13-24-21(15-17)19-7-3-5-9-23(19)26(24)22-8-4-2-6-18(22)20-12-10-16(27)14-25(20)26/h2-15H,1H3. The molecular weight excluding hydrogens is 364 g/mol. The van der Waals surface area contributed by atoms with Crippen LogP contribution >= 0.6 is 11.6 Å². The zero-order valence-corrected chi connectivity index (χ0v) is 16.1. The molecule has 4 aromatic rings. The van der Waals surface area contributed by atoms with Crippen molar-refractivity contribution in [3.05, 3.63) is 112 Å². The smallest absolute Gasteiger partial charge is 0.119 e. The van der Waals surface area contributed by atoms with E-state index in [-0.39, 0.29) is 5.41 Å². The maximum Gasteiger partial charge on any atom is 0.119 e. The Bertz CT molecular complexity index is 1270. The van der Waals surface area contributed by atoms with Crippen molar-refractivity contribution in [2.75, 3.05) is 7.11 Å². The molecule has 0 bridgehead atoms. The fourth-order valence-corrected chi connectivity index (χ4v) is 5.39. The van der Waals surface area contributed by atoms with Crippen LogP contribution in [0.4, 0.5) is 0 Å². The second-order valence-electron chi connectivity index (χ2n) is 7.44. The van der Waals surface area contributed by atoms with E-state index in [1.54, 1.807) is 7.11 Å². The van der Waals surface area contributed by atoms with Gasteiger partial charge in [0, 0.05) is 5.02 Å². The van der Waals surface area contributed by atoms with Gasteiger partial charge in [-0.2, -0.15) is 0 Å². The van der Waals surface area contributed by atoms with Gasteiger partial charge >= 0.3 is 0 Å². The lowest BCUT2D eigenvalue weighted by atomic mass is 9.70. The van der Waals surface area contributed by atoms with Gasteiger partial charge in [0.1, 0.15) is 5.75 Å². The van der Waals surface area contributed by atoms with E-state index in [9.17, 15) is 0 Å². The molecule has 1 atom stereocenters. The van der Waals surface area contributed by atoms with Crippen LogP contribution < -0.4 is 4.74 Å². The molecule has 1 spiro atoms. The minimum Gasteiger partial charge on any atom is -0.497 e. The van der Waals surface area contributed by atoms with Gasteiger partial charge in [0.25, 0.3) is 0 Å². The van der Waals surface area contributed by atoms with Crippen molar-refractivity contribution in [2.45, 2.75) is 5.41 Å². The van der Waals surface area contributed by atoms with E-state index in [4.69, 9.17) is 16.3 Å². The summed E-state index contributed by atoms with van der Waals surface area (Å²) in [6.07, 6.45) is 0. The molecule has 2 heteroatoms. The summed E-state index contributed by atoms with van der Waals surface area (Å²) in [5.41, 5.74) is 9.90. The van der Waals surface area contributed by atoms with Crippen molar-refractivity contribution in [2.24, 2.45) is 0 Å². The van der Waals surface area contributed by atoms with E-state index in [0.717, 1.165) is 10.8 Å². The van der Waals surface area contributed by atoms with Crippen LogP contribution in [0.5, 0.6) is 5.75 Å². The van der Waals surface area contributed by atoms with Crippen LogP contribution in [0.1, 0.15) is 22.3 Å². The summed E-state index contributed by atoms with van der Waals surface area (Å²) < 4.78 is 5.54. The largest absolute Gasteiger partial charge is 0.497 e. The van der Waals surface area contributed by atoms with Crippen molar-refractivity contribution in [1.82, 2.24) is 0 Å². The number of halogens is 1. The number of ether oxygens (including phenoxy) is 1. The summed E-state index contributed by atoms with van der Waals surface area (Å²) in [7, 11) is 1.72. The van der Waals surface area contributed by atoms with E-state index in [1.807, 2.05) is 6.07 Å². The molecule has 0 N–H and O–H groups in total. The molecule has 134 valence electrons. The fraction of sp³-hybridized carbons (Fsp3) is 0.0769. The molecule has 0 saturated carbocycles. The summed E-state index contributed by atoms with van der Waals surface area (Å²) in [6, 6.07) is 30.2. The summed E-state index contributed by atoms with van der Waals surface area (Å²) in [5.74, 6) is 0.878. The number of hydrogen-bond acceptors (Lipinski definition) is 1. The molecule has 0 fully saturated rings. The summed E-state index contributed by atoms with van der Waals surface area (Å²) in [6.45, 7) is 0. The molecule has 2 aliphatic carbocycles. The second-order valence-corrected chi connectivity index (χ2v) is 7.88. The van der Waals surface area contributed by atoms with E-state index >= 15 is 0 Å². The first kappa shape index (κ1) is 16.0. The zero-order valence-electron chi connectivity index (χ0n) is 15.4. The summed E-state index contributed by atoms with van der Waals surface area (Å²) in [5, 5.41) is 0.769. The highest BCUT2D eigenvalue weighted by molar-refractivity contribution is 6.30. The van der Waals surface area contributed by atoms with Crippen LogP contribution in [0, 0.1) is 0 Å². The van der Waals surface area contributed by atoms with Gasteiger partial charge in [0.05, 0.1) is 12.5 Å². The van der Waals surface area contributed by atoms with E-state index < -0.39 is 0 Å². The molecule has 0 radical (unpaired) electrons. The summed E-state index contributed by atoms with van der Waals surface area (Å²) >= 11 is 6.51. The van der Waals surface area contributed by atoms with E-state index in [0.29, 0.717) is 0 Å². The fourth-order valence-electron chi connectivity index (χ4n) is 5.22. The van der Waals surface area contributed by atoms with Gasteiger partial charge in [-0.05, 0) is 68.8 Å². The Balaban J connectivity index is 1.84. The predicted octanol–water partition coefficient (Wildman–Crippen LogP) is 6.69. The Morgan fingerprint density at radius 3 is 1.93 bits per heavy atom. The van der Waals surface area contributed by atoms with Gasteiger partial charge < -0.3 is 4.74 Å². The first-order valence-corrected chi connectivity index (χ1v) is 9.81. The normalized spacial score (nSPS) is 17.8. The molecule has 1 nitrogen and oxygen atoms in total. The molecule has 28 heavy (non-hydrogen) atoms. The number of fused-ring (bicyclic) bond motifs is 10. The van der Waals surface area contributed by atoms with Crippen molar-refractivity contribution < 1.29 is 4.74 Å². The van der Waals surface area contributed by atoms with Crippen molar-refractivity contribution in [1.29, 1.82) is 0 Å². The monoisotopic (exact) mass is 380 g/mol. The summed E-state index contributed by atoms with van der Waals surface area (Å²) in [4.78, 5) is 0. The maximum absolute atomic E-state index is 6.51. The number of benzene rings is 4. The highest BCUT2D eigenvalue weighted by Crippen LogP contribution is 2.63. The quantitative estimate of drug-likeness (QED) is 0.308. The van der Waals surface area contributed by atoms with Crippen LogP contribution in [0.25, 0.3) is 22.3 Å². The molecule has 2 aliphatic rings. The van der Waals surface area contributed by atoms with Gasteiger partial charge in [-0.3, -0.25) is 0 Å². The lowest BCUT2D eigenvalue weighted by Crippen LogP contribution is -2.25. The molecule has 4 aromatic carbocycles. The lowest BCUT2D eigenvalue weighted by molar-refractivity contribution is 0.415. The Morgan fingerprint density at radius 1 is 0.607 bits per heavy atom. The Morgan fingerprint density at radius 2 is 1.21 bits per heavy atom. The molecule has 6 rings (SSSR count). The van der Waals surface area contributed by atoms with E-state index in [2.05, 4.69) is 78.9 Å². The van der Waals surface area contributed by atoms with E-state index in [1.165, 1.54) is 44.5 Å². The highest BCUT2D eigenvalue weighted by Gasteiger charge is 2.51. The highest BCUT2D eigenvalue weighted by atomic mass is 35.5. The molecular formula is C26H17ClO. The van der Waals surface area contributed by atoms with Gasteiger partial charge in [-0.1, -0.05) is 72.3 Å². The topological polar surface area (TPSA) is 9.23 Å². The molecule has 1 unspecified atom stereocenters. The van der Waals surface area contributed by atoms with Crippen LogP contribution in [-0.4, -0.2) is 7.11 Å². The van der Waals surface area contributed by atoms with Gasteiger partial charge in [-0.25, -0.2) is 0 Å². The molecule has 0 aliphatic heterocycles. The van der Waals surface area contributed by atoms with Crippen LogP contribution in [0.15, 0.2) is 84.9 Å². The molecule has 0 amide bonds. The van der Waals surface area contributed by atoms with Crippen LogP contribution in [0.2, 0.25) is 5.02 Å². The van der Waals surface area contributed by atoms with Gasteiger partial charge in [0.15, 0.2) is 0 Å². The Kier molecular flexibility index (Phi) is 3.14. The Labute approximate surface area is 169 Å². The van der Waals surface area contributed by atoms with Gasteiger partial charge in [0.2, 0.25) is 0 Å². The zero-order chi connectivity index (χ0) is 18.9. The minimum atomic E-state index is -0.338. The Hall–Kier alpha value is -3.03. The second kappa shape index (κ2) is 5.50. The first-order chi connectivity index (χ1) is 13.7. The third-order valence-corrected chi connectivity index (χ3v) is 6.49. The number of rotatable bonds is 1. The molecule has 0 saturated heterocycles. The molecule has 0 aromatic heterocycles. The average molecular weight is 381 g/mol. The van der Waals surface area contributed by atoms with Crippen molar-refractivity contribution in [3.63, 3.8) is 0 Å². The maximum atomic E-state index is 6.51. The predicted molar refractivity (Wildman–Crippen MR) is 114 cm³/mol.